The third-order valence-corrected chi connectivity index (χ3v) is 2.97. The van der Waals surface area contributed by atoms with Crippen LogP contribution in [0, 0.1) is 19.3 Å². The number of carbonyl (C=O) groups excluding carboxylic acids is 1. The second kappa shape index (κ2) is 4.49. The van der Waals surface area contributed by atoms with Gasteiger partial charge in [-0.2, -0.15) is 5.10 Å². The minimum absolute atomic E-state index is 0.170. The van der Waals surface area contributed by atoms with Crippen LogP contribution in [0.2, 0.25) is 0 Å². The normalized spacial score (nSPS) is 13.6. The van der Waals surface area contributed by atoms with Crippen molar-refractivity contribution in [3.05, 3.63) is 11.4 Å². The van der Waals surface area contributed by atoms with Crippen molar-refractivity contribution in [2.75, 3.05) is 5.32 Å². The molecule has 0 aromatic carbocycles. The van der Waals surface area contributed by atoms with Gasteiger partial charge in [-0.15, -0.1) is 0 Å². The van der Waals surface area contributed by atoms with E-state index in [2.05, 4.69) is 10.4 Å². The van der Waals surface area contributed by atoms with Gasteiger partial charge in [0.05, 0.1) is 23.1 Å². The van der Waals surface area contributed by atoms with Crippen LogP contribution < -0.4 is 11.1 Å². The lowest BCUT2D eigenvalue weighted by Gasteiger charge is -2.25. The smallest absolute Gasteiger partial charge is 0.241 e. The molecule has 1 aromatic heterocycles. The fourth-order valence-electron chi connectivity index (χ4n) is 1.55. The Labute approximate surface area is 102 Å². The van der Waals surface area contributed by atoms with Crippen LogP contribution in [-0.2, 0) is 11.8 Å². The first-order valence-corrected chi connectivity index (χ1v) is 5.71. The molecule has 1 amide bonds. The number of nitrogens with two attached hydrogens (primary N) is 1. The Bertz CT molecular complexity index is 428. The number of aryl methyl sites for hydroxylation is 2. The number of hydrogen-bond donors (Lipinski definition) is 2. The summed E-state index contributed by atoms with van der Waals surface area (Å²) in [7, 11) is 1.85. The monoisotopic (exact) mass is 238 g/mol. The van der Waals surface area contributed by atoms with Gasteiger partial charge in [-0.05, 0) is 19.3 Å². The lowest BCUT2D eigenvalue weighted by atomic mass is 9.87. The molecule has 0 saturated carbocycles. The highest BCUT2D eigenvalue weighted by atomic mass is 16.2. The Morgan fingerprint density at radius 1 is 1.41 bits per heavy atom. The first-order valence-electron chi connectivity index (χ1n) is 5.71. The van der Waals surface area contributed by atoms with Crippen LogP contribution >= 0.6 is 0 Å². The van der Waals surface area contributed by atoms with E-state index in [4.69, 9.17) is 5.73 Å². The van der Waals surface area contributed by atoms with E-state index < -0.39 is 6.04 Å². The molecule has 0 fully saturated rings. The van der Waals surface area contributed by atoms with Crippen molar-refractivity contribution < 1.29 is 4.79 Å². The van der Waals surface area contributed by atoms with E-state index >= 15 is 0 Å². The predicted octanol–water partition coefficient (Wildman–Crippen LogP) is 1.35. The van der Waals surface area contributed by atoms with Gasteiger partial charge in [0.2, 0.25) is 5.91 Å². The SMILES string of the molecule is Cc1nn(C)c(C)c1NC(=O)C(N)C(C)(C)C. The van der Waals surface area contributed by atoms with Crippen LogP contribution in [0.4, 0.5) is 5.69 Å². The first kappa shape index (κ1) is 13.7. The Balaban J connectivity index is 2.89. The van der Waals surface area contributed by atoms with Crippen molar-refractivity contribution >= 4 is 11.6 Å². The molecule has 1 aromatic rings. The predicted molar refractivity (Wildman–Crippen MR) is 68.7 cm³/mol. The van der Waals surface area contributed by atoms with Crippen molar-refractivity contribution in [1.82, 2.24) is 9.78 Å². The summed E-state index contributed by atoms with van der Waals surface area (Å²) in [5, 5.41) is 7.10. The van der Waals surface area contributed by atoms with Crippen LogP contribution in [0.3, 0.4) is 0 Å². The molecule has 96 valence electrons. The van der Waals surface area contributed by atoms with Gasteiger partial charge < -0.3 is 11.1 Å². The van der Waals surface area contributed by atoms with Gasteiger partial charge in [-0.1, -0.05) is 20.8 Å². The Kier molecular flexibility index (Phi) is 3.62. The molecule has 5 nitrogen and oxygen atoms in total. The quantitative estimate of drug-likeness (QED) is 0.816. The standard InChI is InChI=1S/C12H22N4O/c1-7-9(8(2)16(6)15-7)14-11(17)10(13)12(3,4)5/h10H,13H2,1-6H3,(H,14,17). The Hall–Kier alpha value is -1.36. The zero-order valence-electron chi connectivity index (χ0n) is 11.5. The van der Waals surface area contributed by atoms with Crippen molar-refractivity contribution in [1.29, 1.82) is 0 Å². The molecular formula is C12H22N4O. The molecule has 1 unspecified atom stereocenters. The van der Waals surface area contributed by atoms with Gasteiger partial charge in [0, 0.05) is 7.05 Å². The van der Waals surface area contributed by atoms with Gasteiger partial charge in [-0.25, -0.2) is 0 Å². The van der Waals surface area contributed by atoms with Gasteiger partial charge >= 0.3 is 0 Å². The number of hydrogen-bond acceptors (Lipinski definition) is 3. The number of nitrogens with one attached hydrogen (secondary N) is 1. The maximum absolute atomic E-state index is 12.0. The van der Waals surface area contributed by atoms with Crippen molar-refractivity contribution in [3.8, 4) is 0 Å². The number of anilines is 1. The molecule has 3 N–H and O–H groups in total. The summed E-state index contributed by atoms with van der Waals surface area (Å²) < 4.78 is 1.74. The van der Waals surface area contributed by atoms with Crippen molar-refractivity contribution in [2.45, 2.75) is 40.7 Å². The van der Waals surface area contributed by atoms with E-state index in [1.165, 1.54) is 0 Å². The molecule has 0 aliphatic heterocycles. The molecule has 17 heavy (non-hydrogen) atoms. The highest BCUT2D eigenvalue weighted by Gasteiger charge is 2.28. The largest absolute Gasteiger partial charge is 0.322 e. The second-order valence-corrected chi connectivity index (χ2v) is 5.50. The van der Waals surface area contributed by atoms with Crippen LogP contribution in [0.1, 0.15) is 32.2 Å². The maximum Gasteiger partial charge on any atom is 0.241 e. The lowest BCUT2D eigenvalue weighted by Crippen LogP contribution is -2.45. The van der Waals surface area contributed by atoms with Gasteiger partial charge in [0.25, 0.3) is 0 Å². The zero-order valence-corrected chi connectivity index (χ0v) is 11.5. The van der Waals surface area contributed by atoms with Gasteiger partial charge in [0.1, 0.15) is 0 Å². The minimum Gasteiger partial charge on any atom is -0.322 e. The van der Waals surface area contributed by atoms with Crippen molar-refractivity contribution in [2.24, 2.45) is 18.2 Å². The van der Waals surface area contributed by atoms with Crippen molar-refractivity contribution in [3.63, 3.8) is 0 Å². The zero-order chi connectivity index (χ0) is 13.4. The van der Waals surface area contributed by atoms with E-state index in [-0.39, 0.29) is 11.3 Å². The van der Waals surface area contributed by atoms with E-state index in [1.807, 2.05) is 41.7 Å². The maximum atomic E-state index is 12.0. The molecule has 0 saturated heterocycles. The summed E-state index contributed by atoms with van der Waals surface area (Å²) >= 11 is 0. The van der Waals surface area contributed by atoms with E-state index in [0.29, 0.717) is 0 Å². The molecule has 5 heteroatoms. The van der Waals surface area contributed by atoms with E-state index in [1.54, 1.807) is 4.68 Å². The summed E-state index contributed by atoms with van der Waals surface area (Å²) in [6.07, 6.45) is 0. The van der Waals surface area contributed by atoms with Gasteiger partial charge in [-0.3, -0.25) is 9.48 Å². The number of carbonyl (C=O) groups is 1. The number of aromatic nitrogens is 2. The fraction of sp³-hybridized carbons (Fsp3) is 0.667. The first-order chi connectivity index (χ1) is 7.64. The number of nitrogens with zero attached hydrogens (tertiary/aromatic N) is 2. The topological polar surface area (TPSA) is 72.9 Å². The average Bonchev–Trinajstić information content (AvgIpc) is 2.42. The third-order valence-electron chi connectivity index (χ3n) is 2.97. The third kappa shape index (κ3) is 2.85. The van der Waals surface area contributed by atoms with Gasteiger partial charge in [0.15, 0.2) is 0 Å². The lowest BCUT2D eigenvalue weighted by molar-refractivity contribution is -0.119. The fourth-order valence-corrected chi connectivity index (χ4v) is 1.55. The average molecular weight is 238 g/mol. The molecule has 1 atom stereocenters. The molecule has 1 heterocycles. The van der Waals surface area contributed by atoms with Crippen LogP contribution in [0.5, 0.6) is 0 Å². The molecule has 0 aliphatic carbocycles. The molecule has 0 aliphatic rings. The van der Waals surface area contributed by atoms with E-state index in [0.717, 1.165) is 17.1 Å². The second-order valence-electron chi connectivity index (χ2n) is 5.50. The Morgan fingerprint density at radius 2 is 1.94 bits per heavy atom. The summed E-state index contributed by atoms with van der Waals surface area (Å²) in [5.41, 5.74) is 8.15. The highest BCUT2D eigenvalue weighted by Crippen LogP contribution is 2.22. The molecular weight excluding hydrogens is 216 g/mol. The molecule has 0 radical (unpaired) electrons. The summed E-state index contributed by atoms with van der Waals surface area (Å²) in [5.74, 6) is -0.170. The number of rotatable bonds is 2. The summed E-state index contributed by atoms with van der Waals surface area (Å²) in [4.78, 5) is 12.0. The number of amides is 1. The highest BCUT2D eigenvalue weighted by molar-refractivity contribution is 5.96. The Morgan fingerprint density at radius 3 is 2.29 bits per heavy atom. The van der Waals surface area contributed by atoms with Crippen LogP contribution in [0.15, 0.2) is 0 Å². The molecule has 1 rings (SSSR count). The summed E-state index contributed by atoms with van der Waals surface area (Å²) in [6, 6.07) is -0.540. The summed E-state index contributed by atoms with van der Waals surface area (Å²) in [6.45, 7) is 9.62. The van der Waals surface area contributed by atoms with Crippen LogP contribution in [-0.4, -0.2) is 21.7 Å². The van der Waals surface area contributed by atoms with Crippen LogP contribution in [0.25, 0.3) is 0 Å². The minimum atomic E-state index is -0.540. The molecule has 0 bridgehead atoms. The van der Waals surface area contributed by atoms with E-state index in [9.17, 15) is 4.79 Å². The molecule has 0 spiro atoms.